The van der Waals surface area contributed by atoms with Crippen LogP contribution in [-0.4, -0.2) is 22.3 Å². The number of aromatic nitrogens is 1. The number of carboxylic acid groups (broad SMARTS) is 1. The first-order chi connectivity index (χ1) is 9.16. The molecule has 0 saturated carbocycles. The van der Waals surface area contributed by atoms with Crippen molar-refractivity contribution in [2.24, 2.45) is 5.10 Å². The van der Waals surface area contributed by atoms with Crippen molar-refractivity contribution in [2.75, 3.05) is 5.43 Å². The highest BCUT2D eigenvalue weighted by Gasteiger charge is 2.06. The van der Waals surface area contributed by atoms with E-state index < -0.39 is 5.97 Å². The average molecular weight is 276 g/mol. The second-order valence-electron chi connectivity index (χ2n) is 3.62. The fraction of sp³-hybridized carbons (Fsp3) is 0. The molecular weight excluding hydrogens is 266 g/mol. The zero-order chi connectivity index (χ0) is 13.7. The van der Waals surface area contributed by atoms with E-state index in [9.17, 15) is 4.79 Å². The largest absolute Gasteiger partial charge is 0.478 e. The molecule has 2 N–H and O–H groups in total. The van der Waals surface area contributed by atoms with Crippen LogP contribution in [0.3, 0.4) is 0 Å². The van der Waals surface area contributed by atoms with E-state index in [1.165, 1.54) is 24.4 Å². The number of benzene rings is 1. The number of hydrazone groups is 1. The molecule has 2 rings (SSSR count). The molecule has 0 aliphatic carbocycles. The normalized spacial score (nSPS) is 10.6. The third-order valence-corrected chi connectivity index (χ3v) is 2.61. The van der Waals surface area contributed by atoms with Gasteiger partial charge in [0, 0.05) is 6.20 Å². The first-order valence-electron chi connectivity index (χ1n) is 5.40. The lowest BCUT2D eigenvalue weighted by Crippen LogP contribution is -1.99. The Bertz CT molecular complexity index is 615. The van der Waals surface area contributed by atoms with Crippen LogP contribution in [0.2, 0.25) is 5.02 Å². The molecule has 1 heterocycles. The average Bonchev–Trinajstić information content (AvgIpc) is 2.42. The van der Waals surface area contributed by atoms with Gasteiger partial charge in [0.1, 0.15) is 0 Å². The van der Waals surface area contributed by atoms with Crippen LogP contribution in [0.5, 0.6) is 0 Å². The summed E-state index contributed by atoms with van der Waals surface area (Å²) in [5, 5.41) is 13.2. The molecule has 0 fully saturated rings. The lowest BCUT2D eigenvalue weighted by molar-refractivity contribution is 0.0697. The second-order valence-corrected chi connectivity index (χ2v) is 4.03. The molecule has 19 heavy (non-hydrogen) atoms. The highest BCUT2D eigenvalue weighted by Crippen LogP contribution is 2.22. The Balaban J connectivity index is 2.13. The lowest BCUT2D eigenvalue weighted by Gasteiger charge is -2.04. The number of anilines is 1. The van der Waals surface area contributed by atoms with Gasteiger partial charge in [0.2, 0.25) is 0 Å². The quantitative estimate of drug-likeness (QED) is 0.665. The smallest absolute Gasteiger partial charge is 0.335 e. The van der Waals surface area contributed by atoms with E-state index >= 15 is 0 Å². The zero-order valence-electron chi connectivity index (χ0n) is 9.75. The molecule has 0 aliphatic heterocycles. The molecule has 0 saturated heterocycles. The molecule has 2 aromatic rings. The second kappa shape index (κ2) is 5.97. The molecule has 96 valence electrons. The fourth-order valence-electron chi connectivity index (χ4n) is 1.36. The Hall–Kier alpha value is -2.40. The number of hydrogen-bond acceptors (Lipinski definition) is 4. The number of aromatic carboxylic acids is 1. The van der Waals surface area contributed by atoms with E-state index in [2.05, 4.69) is 15.5 Å². The van der Waals surface area contributed by atoms with Gasteiger partial charge < -0.3 is 5.11 Å². The lowest BCUT2D eigenvalue weighted by atomic mass is 10.2. The van der Waals surface area contributed by atoms with Crippen molar-refractivity contribution < 1.29 is 9.90 Å². The van der Waals surface area contributed by atoms with Crippen molar-refractivity contribution in [1.29, 1.82) is 0 Å². The van der Waals surface area contributed by atoms with E-state index in [-0.39, 0.29) is 5.56 Å². The van der Waals surface area contributed by atoms with Gasteiger partial charge in [-0.05, 0) is 30.3 Å². The zero-order valence-corrected chi connectivity index (χ0v) is 10.5. The van der Waals surface area contributed by atoms with E-state index in [0.29, 0.717) is 16.4 Å². The minimum Gasteiger partial charge on any atom is -0.478 e. The van der Waals surface area contributed by atoms with Crippen LogP contribution in [0.1, 0.15) is 16.1 Å². The van der Waals surface area contributed by atoms with Gasteiger partial charge >= 0.3 is 5.97 Å². The van der Waals surface area contributed by atoms with E-state index in [1.54, 1.807) is 18.3 Å². The number of nitrogens with zero attached hydrogens (tertiary/aromatic N) is 2. The summed E-state index contributed by atoms with van der Waals surface area (Å²) in [7, 11) is 0. The Labute approximate surface area is 114 Å². The van der Waals surface area contributed by atoms with Crippen LogP contribution in [-0.2, 0) is 0 Å². The van der Waals surface area contributed by atoms with Gasteiger partial charge in [0.05, 0.1) is 28.2 Å². The van der Waals surface area contributed by atoms with Crippen molar-refractivity contribution in [3.63, 3.8) is 0 Å². The van der Waals surface area contributed by atoms with Crippen LogP contribution >= 0.6 is 11.6 Å². The van der Waals surface area contributed by atoms with Gasteiger partial charge in [-0.3, -0.25) is 10.4 Å². The molecule has 0 aliphatic rings. The van der Waals surface area contributed by atoms with Gasteiger partial charge in [-0.25, -0.2) is 4.79 Å². The Kier molecular flexibility index (Phi) is 4.10. The molecule has 6 heteroatoms. The SMILES string of the molecule is O=C(O)c1ccc(Cl)c(N/N=C\c2ccccn2)c1. The van der Waals surface area contributed by atoms with Gasteiger partial charge in [0.25, 0.3) is 0 Å². The number of carbonyl (C=O) groups is 1. The maximum Gasteiger partial charge on any atom is 0.335 e. The Morgan fingerprint density at radius 2 is 2.21 bits per heavy atom. The molecule has 1 aromatic carbocycles. The van der Waals surface area contributed by atoms with Gasteiger partial charge in [0.15, 0.2) is 0 Å². The van der Waals surface area contributed by atoms with Gasteiger partial charge in [-0.1, -0.05) is 17.7 Å². The summed E-state index contributed by atoms with van der Waals surface area (Å²) in [5.74, 6) is -1.02. The summed E-state index contributed by atoms with van der Waals surface area (Å²) < 4.78 is 0. The summed E-state index contributed by atoms with van der Waals surface area (Å²) >= 11 is 5.94. The minimum absolute atomic E-state index is 0.139. The van der Waals surface area contributed by atoms with Crippen molar-refractivity contribution in [3.05, 3.63) is 58.9 Å². The topological polar surface area (TPSA) is 74.6 Å². The van der Waals surface area contributed by atoms with Crippen LogP contribution in [0.4, 0.5) is 5.69 Å². The standard InChI is InChI=1S/C13H10ClN3O2/c14-11-5-4-9(13(18)19)7-12(11)17-16-8-10-3-1-2-6-15-10/h1-8,17H,(H,18,19)/b16-8-. The van der Waals surface area contributed by atoms with Crippen molar-refractivity contribution in [2.45, 2.75) is 0 Å². The van der Waals surface area contributed by atoms with Crippen molar-refractivity contribution in [3.8, 4) is 0 Å². The third-order valence-electron chi connectivity index (χ3n) is 2.28. The highest BCUT2D eigenvalue weighted by atomic mass is 35.5. The minimum atomic E-state index is -1.02. The number of rotatable bonds is 4. The molecule has 0 radical (unpaired) electrons. The number of hydrogen-bond donors (Lipinski definition) is 2. The number of pyridine rings is 1. The van der Waals surface area contributed by atoms with E-state index in [4.69, 9.17) is 16.7 Å². The van der Waals surface area contributed by atoms with E-state index in [1.807, 2.05) is 6.07 Å². The van der Waals surface area contributed by atoms with E-state index in [0.717, 1.165) is 0 Å². The number of halogens is 1. The number of nitrogens with one attached hydrogen (secondary N) is 1. The van der Waals surface area contributed by atoms with Gasteiger partial charge in [-0.2, -0.15) is 5.10 Å². The van der Waals surface area contributed by atoms with Crippen molar-refractivity contribution >= 4 is 29.5 Å². The highest BCUT2D eigenvalue weighted by molar-refractivity contribution is 6.33. The molecule has 0 spiro atoms. The number of carboxylic acids is 1. The first kappa shape index (κ1) is 13.0. The summed E-state index contributed by atoms with van der Waals surface area (Å²) in [6, 6.07) is 9.78. The molecule has 0 amide bonds. The summed E-state index contributed by atoms with van der Waals surface area (Å²) in [5.41, 5.74) is 3.94. The predicted molar refractivity (Wildman–Crippen MR) is 73.9 cm³/mol. The predicted octanol–water partition coefficient (Wildman–Crippen LogP) is 2.88. The first-order valence-corrected chi connectivity index (χ1v) is 5.77. The molecule has 5 nitrogen and oxygen atoms in total. The molecule has 0 atom stereocenters. The fourth-order valence-corrected chi connectivity index (χ4v) is 1.52. The summed E-state index contributed by atoms with van der Waals surface area (Å²) in [4.78, 5) is 14.9. The monoisotopic (exact) mass is 275 g/mol. The molecule has 0 bridgehead atoms. The van der Waals surface area contributed by atoms with Crippen molar-refractivity contribution in [1.82, 2.24) is 4.98 Å². The molecule has 0 unspecified atom stereocenters. The maximum absolute atomic E-state index is 10.8. The Morgan fingerprint density at radius 1 is 1.37 bits per heavy atom. The molecule has 1 aromatic heterocycles. The van der Waals surface area contributed by atoms with Crippen LogP contribution < -0.4 is 5.43 Å². The summed E-state index contributed by atoms with van der Waals surface area (Å²) in [6.07, 6.45) is 3.17. The van der Waals surface area contributed by atoms with Crippen LogP contribution in [0.25, 0.3) is 0 Å². The van der Waals surface area contributed by atoms with Gasteiger partial charge in [-0.15, -0.1) is 0 Å². The molecular formula is C13H10ClN3O2. The Morgan fingerprint density at radius 3 is 2.89 bits per heavy atom. The summed E-state index contributed by atoms with van der Waals surface area (Å²) in [6.45, 7) is 0. The van der Waals surface area contributed by atoms with Crippen LogP contribution in [0.15, 0.2) is 47.7 Å². The third kappa shape index (κ3) is 3.53. The maximum atomic E-state index is 10.8. The van der Waals surface area contributed by atoms with Crippen LogP contribution in [0, 0.1) is 0 Å².